The van der Waals surface area contributed by atoms with E-state index in [9.17, 15) is 4.79 Å². The quantitative estimate of drug-likeness (QED) is 0.876. The number of rotatable bonds is 5. The van der Waals surface area contributed by atoms with Crippen molar-refractivity contribution < 1.29 is 9.53 Å². The lowest BCUT2D eigenvalue weighted by Crippen LogP contribution is -2.41. The molecule has 0 aromatic heterocycles. The maximum absolute atomic E-state index is 12.4. The summed E-state index contributed by atoms with van der Waals surface area (Å²) < 4.78 is 5.36. The summed E-state index contributed by atoms with van der Waals surface area (Å²) in [5, 5.41) is 0. The van der Waals surface area contributed by atoms with Crippen LogP contribution in [0.15, 0.2) is 30.3 Å². The lowest BCUT2D eigenvalue weighted by atomic mass is 10.0. The highest BCUT2D eigenvalue weighted by molar-refractivity contribution is 5.83. The van der Waals surface area contributed by atoms with Gasteiger partial charge in [0.2, 0.25) is 5.91 Å². The molecule has 0 radical (unpaired) electrons. The number of carbonyl (C=O) groups excluding carboxylic acids is 1. The smallest absolute Gasteiger partial charge is 0.244 e. The normalized spacial score (nSPS) is 20.2. The maximum atomic E-state index is 12.4. The van der Waals surface area contributed by atoms with Crippen LogP contribution in [-0.2, 0) is 9.53 Å². The SMILES string of the molecule is CCN(CC1CCOC1)C(=O)C(N)c1ccccc1. The Morgan fingerprint density at radius 3 is 2.79 bits per heavy atom. The summed E-state index contributed by atoms with van der Waals surface area (Å²) in [7, 11) is 0. The zero-order chi connectivity index (χ0) is 13.7. The molecule has 19 heavy (non-hydrogen) atoms. The van der Waals surface area contributed by atoms with Crippen molar-refractivity contribution in [2.45, 2.75) is 19.4 Å². The van der Waals surface area contributed by atoms with Gasteiger partial charge in [0.1, 0.15) is 6.04 Å². The van der Waals surface area contributed by atoms with E-state index >= 15 is 0 Å². The Hall–Kier alpha value is -1.39. The molecule has 1 fully saturated rings. The molecule has 1 aliphatic heterocycles. The average molecular weight is 262 g/mol. The van der Waals surface area contributed by atoms with Crippen molar-refractivity contribution >= 4 is 5.91 Å². The van der Waals surface area contributed by atoms with E-state index in [2.05, 4.69) is 0 Å². The molecule has 0 aliphatic carbocycles. The molecule has 1 amide bonds. The highest BCUT2D eigenvalue weighted by atomic mass is 16.5. The van der Waals surface area contributed by atoms with E-state index in [-0.39, 0.29) is 5.91 Å². The van der Waals surface area contributed by atoms with Crippen LogP contribution in [0.25, 0.3) is 0 Å². The van der Waals surface area contributed by atoms with Crippen LogP contribution in [0.4, 0.5) is 0 Å². The first-order valence-corrected chi connectivity index (χ1v) is 6.89. The molecule has 1 saturated heterocycles. The Kier molecular flexibility index (Phi) is 4.93. The fraction of sp³-hybridized carbons (Fsp3) is 0.533. The number of ether oxygens (including phenoxy) is 1. The van der Waals surface area contributed by atoms with Crippen LogP contribution >= 0.6 is 0 Å². The minimum absolute atomic E-state index is 0.000556. The van der Waals surface area contributed by atoms with Gasteiger partial charge in [-0.25, -0.2) is 0 Å². The molecule has 4 heteroatoms. The van der Waals surface area contributed by atoms with Crippen LogP contribution in [0.5, 0.6) is 0 Å². The van der Waals surface area contributed by atoms with Gasteiger partial charge in [-0.1, -0.05) is 30.3 Å². The van der Waals surface area contributed by atoms with E-state index in [0.717, 1.165) is 31.7 Å². The van der Waals surface area contributed by atoms with Crippen molar-refractivity contribution in [1.29, 1.82) is 0 Å². The van der Waals surface area contributed by atoms with E-state index < -0.39 is 6.04 Å². The highest BCUT2D eigenvalue weighted by Gasteiger charge is 2.25. The lowest BCUT2D eigenvalue weighted by molar-refractivity contribution is -0.133. The number of amides is 1. The first kappa shape index (κ1) is 14.0. The van der Waals surface area contributed by atoms with Crippen LogP contribution in [-0.4, -0.2) is 37.1 Å². The van der Waals surface area contributed by atoms with Gasteiger partial charge in [0.05, 0.1) is 6.61 Å². The van der Waals surface area contributed by atoms with Crippen LogP contribution < -0.4 is 5.73 Å². The van der Waals surface area contributed by atoms with Crippen LogP contribution in [0.3, 0.4) is 0 Å². The molecule has 1 aromatic rings. The van der Waals surface area contributed by atoms with Gasteiger partial charge >= 0.3 is 0 Å². The average Bonchev–Trinajstić information content (AvgIpc) is 2.97. The van der Waals surface area contributed by atoms with Crippen molar-refractivity contribution in [2.75, 3.05) is 26.3 Å². The molecule has 0 spiro atoms. The summed E-state index contributed by atoms with van der Waals surface area (Å²) in [6, 6.07) is 8.97. The summed E-state index contributed by atoms with van der Waals surface area (Å²) in [6.07, 6.45) is 1.03. The highest BCUT2D eigenvalue weighted by Crippen LogP contribution is 2.17. The van der Waals surface area contributed by atoms with Gasteiger partial charge in [-0.2, -0.15) is 0 Å². The minimum Gasteiger partial charge on any atom is -0.381 e. The molecule has 1 aromatic carbocycles. The molecular weight excluding hydrogens is 240 g/mol. The second-order valence-corrected chi connectivity index (χ2v) is 4.99. The molecule has 0 saturated carbocycles. The third-order valence-electron chi connectivity index (χ3n) is 3.62. The standard InChI is InChI=1S/C15H22N2O2/c1-2-17(10-12-8-9-19-11-12)15(18)14(16)13-6-4-3-5-7-13/h3-7,12,14H,2,8-11,16H2,1H3. The molecule has 2 atom stereocenters. The van der Waals surface area contributed by atoms with Gasteiger partial charge in [-0.15, -0.1) is 0 Å². The Balaban J connectivity index is 1.99. The minimum atomic E-state index is -0.566. The number of likely N-dealkylation sites (N-methyl/N-ethyl adjacent to an activating group) is 1. The van der Waals surface area contributed by atoms with Crippen molar-refractivity contribution in [1.82, 2.24) is 4.90 Å². The van der Waals surface area contributed by atoms with Gasteiger partial charge in [-0.05, 0) is 18.9 Å². The van der Waals surface area contributed by atoms with Crippen molar-refractivity contribution in [2.24, 2.45) is 11.7 Å². The monoisotopic (exact) mass is 262 g/mol. The third kappa shape index (κ3) is 3.55. The molecular formula is C15H22N2O2. The van der Waals surface area contributed by atoms with Crippen LogP contribution in [0.1, 0.15) is 24.9 Å². The van der Waals surface area contributed by atoms with Crippen LogP contribution in [0.2, 0.25) is 0 Å². The predicted molar refractivity (Wildman–Crippen MR) is 74.6 cm³/mol. The molecule has 2 N–H and O–H groups in total. The first-order chi connectivity index (χ1) is 9.22. The zero-order valence-electron chi connectivity index (χ0n) is 11.4. The summed E-state index contributed by atoms with van der Waals surface area (Å²) in [5.74, 6) is 0.451. The summed E-state index contributed by atoms with van der Waals surface area (Å²) in [6.45, 7) is 4.99. The van der Waals surface area contributed by atoms with Crippen molar-refractivity contribution in [3.05, 3.63) is 35.9 Å². The molecule has 104 valence electrons. The molecule has 2 rings (SSSR count). The Morgan fingerprint density at radius 1 is 1.47 bits per heavy atom. The Bertz CT molecular complexity index is 402. The fourth-order valence-corrected chi connectivity index (χ4v) is 2.41. The molecule has 0 bridgehead atoms. The number of hydrogen-bond donors (Lipinski definition) is 1. The van der Waals surface area contributed by atoms with Crippen molar-refractivity contribution in [3.63, 3.8) is 0 Å². The number of hydrogen-bond acceptors (Lipinski definition) is 3. The van der Waals surface area contributed by atoms with E-state index in [1.54, 1.807) is 0 Å². The van der Waals surface area contributed by atoms with Gasteiger partial charge in [-0.3, -0.25) is 4.79 Å². The number of nitrogens with zero attached hydrogens (tertiary/aromatic N) is 1. The van der Waals surface area contributed by atoms with Gasteiger partial charge in [0.25, 0.3) is 0 Å². The van der Waals surface area contributed by atoms with Gasteiger partial charge in [0.15, 0.2) is 0 Å². The second-order valence-electron chi connectivity index (χ2n) is 4.99. The first-order valence-electron chi connectivity index (χ1n) is 6.89. The number of benzene rings is 1. The van der Waals surface area contributed by atoms with Crippen molar-refractivity contribution in [3.8, 4) is 0 Å². The fourth-order valence-electron chi connectivity index (χ4n) is 2.41. The summed E-state index contributed by atoms with van der Waals surface area (Å²) in [4.78, 5) is 14.3. The second kappa shape index (κ2) is 6.68. The van der Waals surface area contributed by atoms with Crippen LogP contribution in [0, 0.1) is 5.92 Å². The lowest BCUT2D eigenvalue weighted by Gasteiger charge is -2.26. The molecule has 4 nitrogen and oxygen atoms in total. The zero-order valence-corrected chi connectivity index (χ0v) is 11.4. The predicted octanol–water partition coefficient (Wildman–Crippen LogP) is 1.57. The molecule has 2 unspecified atom stereocenters. The van der Waals surface area contributed by atoms with E-state index in [1.807, 2.05) is 42.2 Å². The van der Waals surface area contributed by atoms with E-state index in [1.165, 1.54) is 0 Å². The Morgan fingerprint density at radius 2 is 2.21 bits per heavy atom. The Labute approximate surface area is 114 Å². The number of nitrogens with two attached hydrogens (primary N) is 1. The van der Waals surface area contributed by atoms with Gasteiger partial charge in [0, 0.05) is 25.6 Å². The number of carbonyl (C=O) groups is 1. The maximum Gasteiger partial charge on any atom is 0.244 e. The largest absolute Gasteiger partial charge is 0.381 e. The molecule has 1 heterocycles. The van der Waals surface area contributed by atoms with E-state index in [4.69, 9.17) is 10.5 Å². The summed E-state index contributed by atoms with van der Waals surface area (Å²) >= 11 is 0. The third-order valence-corrected chi connectivity index (χ3v) is 3.62. The van der Waals surface area contributed by atoms with E-state index in [0.29, 0.717) is 12.5 Å². The molecule has 1 aliphatic rings. The van der Waals surface area contributed by atoms with Gasteiger partial charge < -0.3 is 15.4 Å². The summed E-state index contributed by atoms with van der Waals surface area (Å²) in [5.41, 5.74) is 6.94. The topological polar surface area (TPSA) is 55.6 Å².